The first-order valence-electron chi connectivity index (χ1n) is 6.25. The average molecular weight is 268 g/mol. The van der Waals surface area contributed by atoms with E-state index in [2.05, 4.69) is 22.1 Å². The lowest BCUT2D eigenvalue weighted by molar-refractivity contribution is 1.00. The molecule has 0 amide bonds. The van der Waals surface area contributed by atoms with Crippen LogP contribution in [-0.2, 0) is 0 Å². The lowest BCUT2D eigenvalue weighted by atomic mass is 10.0. The maximum absolute atomic E-state index is 11.5. The highest BCUT2D eigenvalue weighted by atomic mass is 16.1. The molecular weight excluding hydrogens is 252 g/mol. The number of H-pyrrole nitrogens is 1. The number of nitrogens with one attached hydrogen (secondary N) is 1. The first kappa shape index (κ1) is 13.8. The molecule has 1 N–H and O–H groups in total. The van der Waals surface area contributed by atoms with Gasteiger partial charge in [0, 0.05) is 18.8 Å². The molecule has 0 bridgehead atoms. The highest BCUT2D eigenvalue weighted by molar-refractivity contribution is 5.67. The largest absolute Gasteiger partial charge is 0.347 e. The fourth-order valence-corrected chi connectivity index (χ4v) is 2.49. The number of benzene rings is 1. The van der Waals surface area contributed by atoms with Crippen LogP contribution >= 0.6 is 0 Å². The summed E-state index contributed by atoms with van der Waals surface area (Å²) in [6.07, 6.45) is 0. The summed E-state index contributed by atoms with van der Waals surface area (Å²) >= 11 is 0. The van der Waals surface area contributed by atoms with Gasteiger partial charge in [0.1, 0.15) is 17.6 Å². The van der Waals surface area contributed by atoms with E-state index in [1.807, 2.05) is 38.8 Å². The molecule has 0 aliphatic heterocycles. The molecule has 20 heavy (non-hydrogen) atoms. The van der Waals surface area contributed by atoms with Gasteiger partial charge in [0.15, 0.2) is 0 Å². The maximum atomic E-state index is 11.5. The number of hydrogen-bond donors (Lipinski definition) is 1. The van der Waals surface area contributed by atoms with E-state index in [1.54, 1.807) is 6.07 Å². The Morgan fingerprint density at radius 3 is 2.35 bits per heavy atom. The van der Waals surface area contributed by atoms with Crippen molar-refractivity contribution in [3.8, 4) is 6.07 Å². The van der Waals surface area contributed by atoms with Gasteiger partial charge in [-0.25, -0.2) is 4.79 Å². The Labute approximate surface area is 117 Å². The molecule has 0 saturated heterocycles. The highest BCUT2D eigenvalue weighted by Crippen LogP contribution is 2.29. The van der Waals surface area contributed by atoms with Gasteiger partial charge >= 0.3 is 5.69 Å². The summed E-state index contributed by atoms with van der Waals surface area (Å²) in [4.78, 5) is 19.6. The van der Waals surface area contributed by atoms with Crippen molar-refractivity contribution in [1.29, 1.82) is 5.26 Å². The molecule has 102 valence electrons. The number of nitriles is 1. The Balaban J connectivity index is 2.58. The predicted octanol–water partition coefficient (Wildman–Crippen LogP) is 2.33. The summed E-state index contributed by atoms with van der Waals surface area (Å²) in [5, 5.41) is 8.92. The zero-order valence-corrected chi connectivity index (χ0v) is 12.0. The number of nitrogens with zero attached hydrogens (tertiary/aromatic N) is 3. The summed E-state index contributed by atoms with van der Waals surface area (Å²) in [6.45, 7) is 6.08. The van der Waals surface area contributed by atoms with E-state index in [-0.39, 0.29) is 5.69 Å². The van der Waals surface area contributed by atoms with Crippen LogP contribution in [0.2, 0.25) is 0 Å². The fourth-order valence-electron chi connectivity index (χ4n) is 2.49. The summed E-state index contributed by atoms with van der Waals surface area (Å²) in [6, 6.07) is 7.66. The molecule has 1 aromatic heterocycles. The lowest BCUT2D eigenvalue weighted by Gasteiger charge is -2.23. The third-order valence-corrected chi connectivity index (χ3v) is 3.17. The predicted molar refractivity (Wildman–Crippen MR) is 78.3 cm³/mol. The van der Waals surface area contributed by atoms with Crippen molar-refractivity contribution >= 4 is 11.5 Å². The molecule has 0 atom stereocenters. The van der Waals surface area contributed by atoms with Crippen molar-refractivity contribution in [3.63, 3.8) is 0 Å². The van der Waals surface area contributed by atoms with E-state index < -0.39 is 5.69 Å². The minimum atomic E-state index is -0.520. The molecule has 0 spiro atoms. The number of aromatic amines is 1. The second-order valence-corrected chi connectivity index (χ2v) is 4.88. The fraction of sp³-hybridized carbons (Fsp3) is 0.267. The molecule has 0 radical (unpaired) electrons. The van der Waals surface area contributed by atoms with Gasteiger partial charge in [0.2, 0.25) is 0 Å². The van der Waals surface area contributed by atoms with Crippen LogP contribution in [0, 0.1) is 32.1 Å². The van der Waals surface area contributed by atoms with Crippen LogP contribution in [-0.4, -0.2) is 17.0 Å². The van der Waals surface area contributed by atoms with E-state index in [1.165, 1.54) is 5.56 Å². The van der Waals surface area contributed by atoms with Crippen molar-refractivity contribution in [1.82, 2.24) is 9.97 Å². The van der Waals surface area contributed by atoms with Gasteiger partial charge in [-0.05, 0) is 31.9 Å². The highest BCUT2D eigenvalue weighted by Gasteiger charge is 2.13. The van der Waals surface area contributed by atoms with Crippen LogP contribution in [0.5, 0.6) is 0 Å². The van der Waals surface area contributed by atoms with Crippen molar-refractivity contribution in [3.05, 3.63) is 51.1 Å². The number of hydrogen-bond acceptors (Lipinski definition) is 4. The summed E-state index contributed by atoms with van der Waals surface area (Å²) in [7, 11) is 1.84. The standard InChI is InChI=1S/C15H16N4O/c1-9-5-10(2)14(11(3)6-9)19(4)13-7-12(8-16)17-15(20)18-13/h5-7H,1-4H3,(H,17,18,20). The molecule has 2 aromatic rings. The smallest absolute Gasteiger partial charge is 0.329 e. The molecule has 0 aliphatic rings. The molecule has 0 aliphatic carbocycles. The van der Waals surface area contributed by atoms with Crippen LogP contribution in [0.25, 0.3) is 0 Å². The van der Waals surface area contributed by atoms with E-state index in [4.69, 9.17) is 5.26 Å². The minimum absolute atomic E-state index is 0.203. The van der Waals surface area contributed by atoms with Gasteiger partial charge in [-0.2, -0.15) is 10.2 Å². The molecule has 5 heteroatoms. The molecule has 5 nitrogen and oxygen atoms in total. The second-order valence-electron chi connectivity index (χ2n) is 4.88. The van der Waals surface area contributed by atoms with E-state index in [0.29, 0.717) is 5.82 Å². The summed E-state index contributed by atoms with van der Waals surface area (Å²) in [5.74, 6) is 0.459. The van der Waals surface area contributed by atoms with Crippen molar-refractivity contribution in [2.75, 3.05) is 11.9 Å². The molecule has 0 unspecified atom stereocenters. The van der Waals surface area contributed by atoms with E-state index in [0.717, 1.165) is 16.8 Å². The van der Waals surface area contributed by atoms with Gasteiger partial charge in [0.05, 0.1) is 0 Å². The Kier molecular flexibility index (Phi) is 3.57. The quantitative estimate of drug-likeness (QED) is 0.907. The second kappa shape index (κ2) is 5.17. The Morgan fingerprint density at radius 1 is 1.20 bits per heavy atom. The van der Waals surface area contributed by atoms with E-state index >= 15 is 0 Å². The zero-order valence-electron chi connectivity index (χ0n) is 12.0. The minimum Gasteiger partial charge on any atom is -0.329 e. The third-order valence-electron chi connectivity index (χ3n) is 3.17. The van der Waals surface area contributed by atoms with Gasteiger partial charge < -0.3 is 4.90 Å². The van der Waals surface area contributed by atoms with Crippen LogP contribution in [0.3, 0.4) is 0 Å². The summed E-state index contributed by atoms with van der Waals surface area (Å²) < 4.78 is 0. The topological polar surface area (TPSA) is 72.8 Å². The maximum Gasteiger partial charge on any atom is 0.347 e. The summed E-state index contributed by atoms with van der Waals surface area (Å²) in [5.41, 5.74) is 4.07. The molecule has 1 heterocycles. The first-order valence-corrected chi connectivity index (χ1v) is 6.25. The van der Waals surface area contributed by atoms with Gasteiger partial charge in [0.25, 0.3) is 0 Å². The molecule has 0 saturated carbocycles. The van der Waals surface area contributed by atoms with Crippen molar-refractivity contribution < 1.29 is 0 Å². The van der Waals surface area contributed by atoms with Gasteiger partial charge in [-0.3, -0.25) is 4.98 Å². The SMILES string of the molecule is Cc1cc(C)c(N(C)c2cc(C#N)[nH]c(=O)n2)c(C)c1. The van der Waals surface area contributed by atoms with Crippen LogP contribution in [0.4, 0.5) is 11.5 Å². The van der Waals surface area contributed by atoms with Crippen LogP contribution in [0.15, 0.2) is 23.0 Å². The van der Waals surface area contributed by atoms with Crippen LogP contribution in [0.1, 0.15) is 22.4 Å². The molecule has 0 fully saturated rings. The van der Waals surface area contributed by atoms with Gasteiger partial charge in [-0.1, -0.05) is 17.7 Å². The first-order chi connectivity index (χ1) is 9.42. The van der Waals surface area contributed by atoms with E-state index in [9.17, 15) is 4.79 Å². The Hall–Kier alpha value is -2.61. The zero-order chi connectivity index (χ0) is 14.9. The third kappa shape index (κ3) is 2.54. The molecule has 2 rings (SSSR count). The number of aryl methyl sites for hydroxylation is 3. The van der Waals surface area contributed by atoms with Crippen LogP contribution < -0.4 is 10.6 Å². The monoisotopic (exact) mass is 268 g/mol. The number of rotatable bonds is 2. The molecular formula is C15H16N4O. The number of anilines is 2. The Morgan fingerprint density at radius 2 is 1.80 bits per heavy atom. The average Bonchev–Trinajstić information content (AvgIpc) is 2.36. The molecule has 1 aromatic carbocycles. The lowest BCUT2D eigenvalue weighted by Crippen LogP contribution is -2.20. The Bertz CT molecular complexity index is 732. The van der Waals surface area contributed by atoms with Gasteiger partial charge in [-0.15, -0.1) is 0 Å². The van der Waals surface area contributed by atoms with Crippen molar-refractivity contribution in [2.45, 2.75) is 20.8 Å². The normalized spacial score (nSPS) is 10.2. The van der Waals surface area contributed by atoms with Crippen molar-refractivity contribution in [2.24, 2.45) is 0 Å². The number of aromatic nitrogens is 2.